The molecule has 0 aliphatic heterocycles. The summed E-state index contributed by atoms with van der Waals surface area (Å²) in [6.45, 7) is 1.78. The molecule has 0 bridgehead atoms. The molecular weight excluding hydrogens is 343 g/mol. The van der Waals surface area contributed by atoms with Crippen molar-refractivity contribution in [2.45, 2.75) is 6.92 Å². The Morgan fingerprint density at radius 3 is 2.77 bits per heavy atom. The summed E-state index contributed by atoms with van der Waals surface area (Å²) in [4.78, 5) is 16.4. The second kappa shape index (κ2) is 6.12. The predicted molar refractivity (Wildman–Crippen MR) is 89.0 cm³/mol. The molecule has 22 heavy (non-hydrogen) atoms. The number of nitrogens with one attached hydrogen (secondary N) is 1. The molecule has 1 aromatic carbocycles. The fourth-order valence-corrected chi connectivity index (χ4v) is 3.08. The van der Waals surface area contributed by atoms with Crippen LogP contribution in [0.3, 0.4) is 0 Å². The van der Waals surface area contributed by atoms with E-state index < -0.39 is 0 Å². The van der Waals surface area contributed by atoms with E-state index in [1.54, 1.807) is 37.3 Å². The van der Waals surface area contributed by atoms with Gasteiger partial charge in [0.05, 0.1) is 10.7 Å². The highest BCUT2D eigenvalue weighted by molar-refractivity contribution is 7.14. The lowest BCUT2D eigenvalue weighted by atomic mass is 10.2. The van der Waals surface area contributed by atoms with E-state index in [4.69, 9.17) is 27.6 Å². The second-order valence-corrected chi connectivity index (χ2v) is 6.23. The number of carbonyl (C=O) groups is 1. The highest BCUT2D eigenvalue weighted by Gasteiger charge is 2.14. The number of hydrogen-bond donors (Lipinski definition) is 1. The van der Waals surface area contributed by atoms with Crippen molar-refractivity contribution in [3.63, 3.8) is 0 Å². The largest absolute Gasteiger partial charge is 0.456 e. The SMILES string of the molecule is Cc1ccc(C(=O)Nc2nc(-c3ccc(Cl)cc3Cl)cs2)o1. The number of carbonyl (C=O) groups excluding carboxylic acids is 1. The lowest BCUT2D eigenvalue weighted by molar-refractivity contribution is 0.0995. The number of aromatic nitrogens is 1. The molecule has 0 aliphatic rings. The minimum absolute atomic E-state index is 0.249. The van der Waals surface area contributed by atoms with Crippen molar-refractivity contribution >= 4 is 45.6 Å². The molecule has 0 fully saturated rings. The van der Waals surface area contributed by atoms with Crippen LogP contribution in [0.5, 0.6) is 0 Å². The molecule has 1 N–H and O–H groups in total. The van der Waals surface area contributed by atoms with E-state index in [1.165, 1.54) is 11.3 Å². The number of aryl methyl sites for hydroxylation is 1. The van der Waals surface area contributed by atoms with Gasteiger partial charge in [-0.25, -0.2) is 4.98 Å². The van der Waals surface area contributed by atoms with E-state index in [0.717, 1.165) is 5.56 Å². The van der Waals surface area contributed by atoms with Gasteiger partial charge in [-0.2, -0.15) is 0 Å². The monoisotopic (exact) mass is 352 g/mol. The first-order valence-corrected chi connectivity index (χ1v) is 7.95. The molecule has 2 heterocycles. The van der Waals surface area contributed by atoms with Gasteiger partial charge in [0.25, 0.3) is 5.91 Å². The summed E-state index contributed by atoms with van der Waals surface area (Å²) >= 11 is 13.3. The molecule has 0 spiro atoms. The van der Waals surface area contributed by atoms with Crippen molar-refractivity contribution in [2.75, 3.05) is 5.32 Å². The number of thiazole rings is 1. The maximum absolute atomic E-state index is 12.0. The fourth-order valence-electron chi connectivity index (χ4n) is 1.87. The average molecular weight is 353 g/mol. The summed E-state index contributed by atoms with van der Waals surface area (Å²) in [7, 11) is 0. The molecule has 0 atom stereocenters. The minimum atomic E-state index is -0.337. The van der Waals surface area contributed by atoms with Crippen LogP contribution >= 0.6 is 34.5 Å². The first-order chi connectivity index (χ1) is 10.5. The molecule has 3 aromatic rings. The van der Waals surface area contributed by atoms with Crippen molar-refractivity contribution in [3.8, 4) is 11.3 Å². The van der Waals surface area contributed by atoms with E-state index in [0.29, 0.717) is 26.6 Å². The Kier molecular flexibility index (Phi) is 4.20. The van der Waals surface area contributed by atoms with Gasteiger partial charge in [-0.1, -0.05) is 23.2 Å². The number of furan rings is 1. The van der Waals surface area contributed by atoms with Crippen LogP contribution in [0.25, 0.3) is 11.3 Å². The Morgan fingerprint density at radius 1 is 1.27 bits per heavy atom. The minimum Gasteiger partial charge on any atom is -0.456 e. The van der Waals surface area contributed by atoms with Gasteiger partial charge >= 0.3 is 0 Å². The van der Waals surface area contributed by atoms with E-state index in [1.807, 2.05) is 5.38 Å². The third-order valence-corrected chi connectivity index (χ3v) is 4.20. The number of nitrogens with zero attached hydrogens (tertiary/aromatic N) is 1. The van der Waals surface area contributed by atoms with Crippen LogP contribution in [-0.2, 0) is 0 Å². The van der Waals surface area contributed by atoms with Gasteiger partial charge in [0.2, 0.25) is 0 Å². The number of anilines is 1. The predicted octanol–water partition coefficient (Wildman–Crippen LogP) is 5.27. The van der Waals surface area contributed by atoms with E-state index in [2.05, 4.69) is 10.3 Å². The first-order valence-electron chi connectivity index (χ1n) is 6.31. The maximum atomic E-state index is 12.0. The van der Waals surface area contributed by atoms with Gasteiger partial charge in [-0.05, 0) is 37.3 Å². The summed E-state index contributed by atoms with van der Waals surface area (Å²) < 4.78 is 5.27. The molecule has 112 valence electrons. The maximum Gasteiger partial charge on any atom is 0.293 e. The molecule has 0 saturated carbocycles. The van der Waals surface area contributed by atoms with Gasteiger partial charge in [0.1, 0.15) is 5.76 Å². The molecule has 4 nitrogen and oxygen atoms in total. The Balaban J connectivity index is 1.80. The van der Waals surface area contributed by atoms with Crippen LogP contribution in [0.2, 0.25) is 10.0 Å². The zero-order valence-corrected chi connectivity index (χ0v) is 13.7. The average Bonchev–Trinajstić information content (AvgIpc) is 3.08. The summed E-state index contributed by atoms with van der Waals surface area (Å²) in [6.07, 6.45) is 0. The topological polar surface area (TPSA) is 55.1 Å². The Morgan fingerprint density at radius 2 is 2.09 bits per heavy atom. The van der Waals surface area contributed by atoms with Crippen LogP contribution < -0.4 is 5.32 Å². The molecule has 0 radical (unpaired) electrons. The van der Waals surface area contributed by atoms with Crippen LogP contribution in [-0.4, -0.2) is 10.9 Å². The van der Waals surface area contributed by atoms with Gasteiger partial charge in [0, 0.05) is 16.0 Å². The Hall–Kier alpha value is -1.82. The van der Waals surface area contributed by atoms with E-state index in [9.17, 15) is 4.79 Å². The van der Waals surface area contributed by atoms with Crippen LogP contribution in [0.4, 0.5) is 5.13 Å². The Bertz CT molecular complexity index is 842. The molecular formula is C15H10Cl2N2O2S. The normalized spacial score (nSPS) is 10.7. The second-order valence-electron chi connectivity index (χ2n) is 4.53. The van der Waals surface area contributed by atoms with E-state index >= 15 is 0 Å². The third-order valence-electron chi connectivity index (χ3n) is 2.90. The highest BCUT2D eigenvalue weighted by Crippen LogP contribution is 2.32. The van der Waals surface area contributed by atoms with Crippen LogP contribution in [0.1, 0.15) is 16.3 Å². The summed E-state index contributed by atoms with van der Waals surface area (Å²) in [6, 6.07) is 8.54. The van der Waals surface area contributed by atoms with Crippen molar-refractivity contribution in [1.29, 1.82) is 0 Å². The summed E-state index contributed by atoms with van der Waals surface area (Å²) in [5.74, 6) is 0.591. The fraction of sp³-hybridized carbons (Fsp3) is 0.0667. The zero-order chi connectivity index (χ0) is 15.7. The first kappa shape index (κ1) is 15.1. The molecule has 7 heteroatoms. The smallest absolute Gasteiger partial charge is 0.293 e. The van der Waals surface area contributed by atoms with Crippen molar-refractivity contribution in [3.05, 3.63) is 57.3 Å². The lowest BCUT2D eigenvalue weighted by Crippen LogP contribution is -2.10. The zero-order valence-electron chi connectivity index (χ0n) is 11.4. The van der Waals surface area contributed by atoms with Gasteiger partial charge in [-0.3, -0.25) is 10.1 Å². The number of benzene rings is 1. The quantitative estimate of drug-likeness (QED) is 0.698. The molecule has 3 rings (SSSR count). The lowest BCUT2D eigenvalue weighted by Gasteiger charge is -2.01. The molecule has 1 amide bonds. The summed E-state index contributed by atoms with van der Waals surface area (Å²) in [5, 5.41) is 6.06. The number of hydrogen-bond acceptors (Lipinski definition) is 4. The van der Waals surface area contributed by atoms with Crippen molar-refractivity contribution in [1.82, 2.24) is 4.98 Å². The third kappa shape index (κ3) is 3.16. The van der Waals surface area contributed by atoms with Crippen molar-refractivity contribution < 1.29 is 9.21 Å². The van der Waals surface area contributed by atoms with E-state index in [-0.39, 0.29) is 11.7 Å². The number of halogens is 2. The summed E-state index contributed by atoms with van der Waals surface area (Å²) in [5.41, 5.74) is 1.44. The number of rotatable bonds is 3. The molecule has 0 saturated heterocycles. The molecule has 0 unspecified atom stereocenters. The van der Waals surface area contributed by atoms with Crippen LogP contribution in [0, 0.1) is 6.92 Å². The number of amides is 1. The van der Waals surface area contributed by atoms with Gasteiger partial charge < -0.3 is 4.42 Å². The Labute approximate surface area is 140 Å². The molecule has 2 aromatic heterocycles. The van der Waals surface area contributed by atoms with Crippen molar-refractivity contribution in [2.24, 2.45) is 0 Å². The van der Waals surface area contributed by atoms with Gasteiger partial charge in [0.15, 0.2) is 10.9 Å². The standard InChI is InChI=1S/C15H10Cl2N2O2S/c1-8-2-5-13(21-8)14(20)19-15-18-12(7-22-15)10-4-3-9(16)6-11(10)17/h2-7H,1H3,(H,18,19,20). The highest BCUT2D eigenvalue weighted by atomic mass is 35.5. The van der Waals surface area contributed by atoms with Gasteiger partial charge in [-0.15, -0.1) is 11.3 Å². The van der Waals surface area contributed by atoms with Crippen LogP contribution in [0.15, 0.2) is 40.1 Å². The molecule has 0 aliphatic carbocycles.